The highest BCUT2D eigenvalue weighted by Crippen LogP contribution is 2.40. The zero-order valence-electron chi connectivity index (χ0n) is 48.2. The van der Waals surface area contributed by atoms with Gasteiger partial charge in [-0.1, -0.05) is 148 Å². The molecule has 5 heterocycles. The first kappa shape index (κ1) is 31.8. The number of nitrogens with zero attached hydrogens (tertiary/aromatic N) is 6. The fraction of sp³-hybridized carbons (Fsp3) is 0.0635. The van der Waals surface area contributed by atoms with Crippen molar-refractivity contribution in [2.24, 2.45) is 0 Å². The zero-order valence-corrected chi connectivity index (χ0v) is 38.2. The molecule has 0 aliphatic rings. The molecule has 0 fully saturated rings. The van der Waals surface area contributed by atoms with E-state index in [0.717, 1.165) is 60.8 Å². The number of hydrogen-bond acceptors (Lipinski definition) is 3. The number of hydrogen-bond donors (Lipinski definition) is 0. The zero-order chi connectivity index (χ0) is 55.6. The second kappa shape index (κ2) is 16.3. The normalized spacial score (nSPS) is 13.9. The molecule has 7 heteroatoms. The third kappa shape index (κ3) is 6.85. The van der Waals surface area contributed by atoms with Crippen LogP contribution in [-0.2, 0) is 5.41 Å². The number of imidazole rings is 1. The Hall–Kier alpha value is -9.07. The van der Waals surface area contributed by atoms with Crippen LogP contribution in [0.15, 0.2) is 224 Å². The quantitative estimate of drug-likeness (QED) is 0.113. The fourth-order valence-corrected chi connectivity index (χ4v) is 9.70. The lowest BCUT2D eigenvalue weighted by Gasteiger charge is -2.20. The summed E-state index contributed by atoms with van der Waals surface area (Å²) in [6.07, 6.45) is 7.14. The van der Waals surface area contributed by atoms with Crippen LogP contribution in [0.3, 0.4) is 0 Å². The second-order valence-corrected chi connectivity index (χ2v) is 18.2. The summed E-state index contributed by atoms with van der Waals surface area (Å²) in [5, 5.41) is 4.19. The first-order valence-electron chi connectivity index (χ1n) is 27.9. The van der Waals surface area contributed by atoms with E-state index in [0.29, 0.717) is 28.2 Å². The Labute approximate surface area is 419 Å². The predicted octanol–water partition coefficient (Wildman–Crippen LogP) is 15.1. The van der Waals surface area contributed by atoms with Crippen LogP contribution < -0.4 is 9.30 Å². The maximum absolute atomic E-state index is 9.07. The lowest BCUT2D eigenvalue weighted by atomic mass is 9.88. The third-order valence-corrected chi connectivity index (χ3v) is 12.9. The van der Waals surface area contributed by atoms with Crippen LogP contribution in [-0.4, -0.2) is 23.7 Å². The van der Waals surface area contributed by atoms with Crippen molar-refractivity contribution in [3.8, 4) is 56.6 Å². The summed E-state index contributed by atoms with van der Waals surface area (Å²) in [6.45, 7) is 6.55. The van der Waals surface area contributed by atoms with Gasteiger partial charge in [0.15, 0.2) is 0 Å². The van der Waals surface area contributed by atoms with Crippen molar-refractivity contribution in [1.82, 2.24) is 23.7 Å². The van der Waals surface area contributed by atoms with Crippen molar-refractivity contribution in [1.29, 1.82) is 0 Å². The van der Waals surface area contributed by atoms with Gasteiger partial charge >= 0.3 is 0 Å². The van der Waals surface area contributed by atoms with Gasteiger partial charge in [-0.25, -0.2) is 9.97 Å². The first-order valence-corrected chi connectivity index (χ1v) is 22.9. The molecule has 0 amide bonds. The molecule has 8 aromatic carbocycles. The van der Waals surface area contributed by atoms with E-state index in [4.69, 9.17) is 28.4 Å². The molecule has 0 aliphatic carbocycles. The molecule has 0 saturated heterocycles. The van der Waals surface area contributed by atoms with Gasteiger partial charge < -0.3 is 4.74 Å². The Morgan fingerprint density at radius 2 is 1.20 bits per heavy atom. The molecule has 13 aromatic rings. The molecule has 7 nitrogen and oxygen atoms in total. The van der Waals surface area contributed by atoms with Crippen molar-refractivity contribution in [2.75, 3.05) is 0 Å². The minimum absolute atomic E-state index is 0.136. The Morgan fingerprint density at radius 3 is 1.99 bits per heavy atom. The first-order chi connectivity index (χ1) is 38.5. The van der Waals surface area contributed by atoms with E-state index in [-0.39, 0.29) is 33.4 Å². The monoisotopic (exact) mass is 912 g/mol. The summed E-state index contributed by atoms with van der Waals surface area (Å²) in [5.74, 6) is 1.81. The molecule has 0 aliphatic heterocycles. The van der Waals surface area contributed by atoms with E-state index < -0.39 is 60.4 Å². The number of benzene rings is 8. The molecule has 334 valence electrons. The van der Waals surface area contributed by atoms with Crippen LogP contribution in [0.5, 0.6) is 11.5 Å². The lowest BCUT2D eigenvalue weighted by Crippen LogP contribution is -2.31. The summed E-state index contributed by atoms with van der Waals surface area (Å²) in [5.41, 5.74) is 7.73. The number of para-hydroxylation sites is 4. The smallest absolute Gasteiger partial charge is 0.269 e. The number of rotatable bonds is 8. The van der Waals surface area contributed by atoms with Gasteiger partial charge in [0.25, 0.3) is 6.33 Å². The Morgan fingerprint density at radius 1 is 0.514 bits per heavy atom. The molecule has 0 unspecified atom stereocenters. The van der Waals surface area contributed by atoms with Gasteiger partial charge in [-0.05, 0) is 112 Å². The highest BCUT2D eigenvalue weighted by atomic mass is 16.5. The van der Waals surface area contributed by atoms with E-state index in [1.165, 1.54) is 0 Å². The van der Waals surface area contributed by atoms with Gasteiger partial charge in [-0.15, -0.1) is 0 Å². The molecule has 0 spiro atoms. The Bertz CT molecular complexity index is 4570. The molecule has 0 bridgehead atoms. The number of fused-ring (bicyclic) bond motifs is 7. The maximum Gasteiger partial charge on any atom is 0.269 e. The molecule has 70 heavy (non-hydrogen) atoms. The van der Waals surface area contributed by atoms with Gasteiger partial charge in [0.2, 0.25) is 0 Å². The SMILES string of the molecule is [2H]c1c([2H])c([2H])c(-c2cccc(-c3c([2H])c([2H])c([2H])c([2H])c3[2H])c2-[n+]2[c-]n(-c3cccc(Oc4ccc5c6cc(-n7c8ccccc8c8cccnc87)ccc6n(-c6cc(C(C)(C)C)ccn6)c5c4)c3)c3ccccc32)c([2H])c1[2H]. The second-order valence-electron chi connectivity index (χ2n) is 18.2. The van der Waals surface area contributed by atoms with Crippen LogP contribution in [0.1, 0.15) is 40.0 Å². The standard InChI is InChI=1S/C63H46N6O/c1-63(2,3)44-34-36-64-60(37-44)69-56-33-30-46(68-55-27-11-10-23-51(55)53-26-16-35-65-62(53)68)39-54(56)52-32-31-48(40-59(52)69)70-47-22-14-21-45(38-47)66-41-67(58-29-13-12-28-57(58)66)61-49(42-17-6-4-7-18-42)24-15-25-50(61)43-19-8-5-9-20-43/h4-40H,1-3H3/i4D,5D,6D,7D,8D,9D,17D,18D,19D,20D. The van der Waals surface area contributed by atoms with Gasteiger partial charge in [-0.2, -0.15) is 0 Å². The van der Waals surface area contributed by atoms with E-state index >= 15 is 0 Å². The molecular weight excluding hydrogens is 857 g/mol. The van der Waals surface area contributed by atoms with Gasteiger partial charge in [-0.3, -0.25) is 18.3 Å². The van der Waals surface area contributed by atoms with E-state index in [1.807, 2.05) is 91.3 Å². The van der Waals surface area contributed by atoms with E-state index in [1.54, 1.807) is 27.3 Å². The molecule has 0 N–H and O–H groups in total. The number of aromatic nitrogens is 6. The van der Waals surface area contributed by atoms with Crippen molar-refractivity contribution in [2.45, 2.75) is 26.2 Å². The minimum Gasteiger partial charge on any atom is -0.458 e. The summed E-state index contributed by atoms with van der Waals surface area (Å²) in [7, 11) is 0. The molecule has 0 atom stereocenters. The van der Waals surface area contributed by atoms with Crippen LogP contribution in [0.2, 0.25) is 0 Å². The fourth-order valence-electron chi connectivity index (χ4n) is 9.70. The highest BCUT2D eigenvalue weighted by molar-refractivity contribution is 6.12. The van der Waals surface area contributed by atoms with Crippen LogP contribution in [0.4, 0.5) is 0 Å². The van der Waals surface area contributed by atoms with Gasteiger partial charge in [0.1, 0.15) is 23.0 Å². The van der Waals surface area contributed by atoms with Crippen LogP contribution in [0, 0.1) is 6.33 Å². The largest absolute Gasteiger partial charge is 0.458 e. The summed E-state index contributed by atoms with van der Waals surface area (Å²) < 4.78 is 102. The highest BCUT2D eigenvalue weighted by Gasteiger charge is 2.22. The van der Waals surface area contributed by atoms with Crippen molar-refractivity contribution >= 4 is 54.8 Å². The Kier molecular flexibility index (Phi) is 7.42. The average molecular weight is 913 g/mol. The topological polar surface area (TPSA) is 53.7 Å². The van der Waals surface area contributed by atoms with Crippen molar-refractivity contribution in [3.05, 3.63) is 236 Å². The van der Waals surface area contributed by atoms with E-state index in [2.05, 4.69) is 90.8 Å². The van der Waals surface area contributed by atoms with Crippen LogP contribution >= 0.6 is 0 Å². The van der Waals surface area contributed by atoms with Gasteiger partial charge in [0, 0.05) is 45.7 Å². The molecule has 5 aromatic heterocycles. The third-order valence-electron chi connectivity index (χ3n) is 12.9. The minimum atomic E-state index is -0.571. The lowest BCUT2D eigenvalue weighted by molar-refractivity contribution is -0.571. The summed E-state index contributed by atoms with van der Waals surface area (Å²) >= 11 is 0. The van der Waals surface area contributed by atoms with Crippen molar-refractivity contribution in [3.63, 3.8) is 0 Å². The summed E-state index contributed by atoms with van der Waals surface area (Å²) in [6, 6.07) is 43.5. The van der Waals surface area contributed by atoms with Crippen LogP contribution in [0.25, 0.3) is 99.9 Å². The average Bonchev–Trinajstić information content (AvgIpc) is 4.33. The predicted molar refractivity (Wildman–Crippen MR) is 284 cm³/mol. The number of pyridine rings is 2. The number of ether oxygens (including phenoxy) is 1. The van der Waals surface area contributed by atoms with E-state index in [9.17, 15) is 0 Å². The summed E-state index contributed by atoms with van der Waals surface area (Å²) in [4.78, 5) is 9.81. The van der Waals surface area contributed by atoms with Crippen molar-refractivity contribution < 1.29 is 23.0 Å². The molecule has 0 radical (unpaired) electrons. The molecule has 0 saturated carbocycles. The molecular formula is C63H46N6O. The molecule has 13 rings (SSSR count). The maximum atomic E-state index is 9.07. The Balaban J connectivity index is 0.967. The van der Waals surface area contributed by atoms with Gasteiger partial charge in [0.05, 0.1) is 52.7 Å².